The first kappa shape index (κ1) is 26.2. The average molecular weight is 475 g/mol. The molecule has 2 aliphatic rings. The number of hydrogen-bond donors (Lipinski definition) is 0. The molecule has 0 aliphatic carbocycles. The van der Waals surface area contributed by atoms with E-state index in [2.05, 4.69) is 66.8 Å². The summed E-state index contributed by atoms with van der Waals surface area (Å²) in [5, 5.41) is -0.290. The Kier molecular flexibility index (Phi) is 7.66. The lowest BCUT2D eigenvalue weighted by molar-refractivity contribution is -0.291. The first-order valence-electron chi connectivity index (χ1n) is 11.9. The lowest BCUT2D eigenvalue weighted by Gasteiger charge is -2.60. The Morgan fingerprint density at radius 1 is 1.09 bits per heavy atom. The zero-order valence-corrected chi connectivity index (χ0v) is 22.4. The molecule has 1 aromatic carbocycles. The zero-order valence-electron chi connectivity index (χ0n) is 21.4. The van der Waals surface area contributed by atoms with E-state index in [0.29, 0.717) is 19.6 Å². The van der Waals surface area contributed by atoms with Crippen molar-refractivity contribution in [1.82, 2.24) is 0 Å². The van der Waals surface area contributed by atoms with Gasteiger partial charge < -0.3 is 23.1 Å². The molecule has 2 aliphatic heterocycles. The fourth-order valence-electron chi connectivity index (χ4n) is 5.52. The molecule has 5 nitrogen and oxygen atoms in total. The summed E-state index contributed by atoms with van der Waals surface area (Å²) in [6.45, 7) is 24.0. The van der Waals surface area contributed by atoms with Crippen LogP contribution in [0.15, 0.2) is 55.8 Å². The van der Waals surface area contributed by atoms with Crippen molar-refractivity contribution in [1.29, 1.82) is 0 Å². The number of benzene rings is 1. The molecule has 2 fully saturated rings. The van der Waals surface area contributed by atoms with Crippen molar-refractivity contribution in [2.75, 3.05) is 6.61 Å². The monoisotopic (exact) mass is 474 g/mol. The summed E-state index contributed by atoms with van der Waals surface area (Å²) >= 11 is 0. The van der Waals surface area contributed by atoms with Crippen LogP contribution in [0.4, 0.5) is 0 Å². The van der Waals surface area contributed by atoms with E-state index in [0.717, 1.165) is 5.56 Å². The molecule has 0 aromatic heterocycles. The average Bonchev–Trinajstić information content (AvgIpc) is 2.73. The summed E-state index contributed by atoms with van der Waals surface area (Å²) in [6.07, 6.45) is 2.76. The number of rotatable bonds is 7. The molecule has 2 heterocycles. The molecular formula is C27H42O5Si. The Hall–Kier alpha value is -1.44. The van der Waals surface area contributed by atoms with Gasteiger partial charge in [0.05, 0.1) is 19.5 Å². The SMILES string of the molecule is C=CC[C@@H]1O[C@@H]2CO[Si](C(C)(C)C)(C(C)(C)C)O[C@H]2[C@H](OCc2ccccc2)[C@@]1(C)OC=C. The maximum Gasteiger partial charge on any atom is 0.349 e. The largest absolute Gasteiger partial charge is 0.490 e. The number of ether oxygens (including phenoxy) is 3. The summed E-state index contributed by atoms with van der Waals surface area (Å²) in [5.74, 6) is 0. The second-order valence-electron chi connectivity index (χ2n) is 11.4. The van der Waals surface area contributed by atoms with Crippen LogP contribution in [0.25, 0.3) is 0 Å². The van der Waals surface area contributed by atoms with Crippen LogP contribution >= 0.6 is 0 Å². The third-order valence-corrected chi connectivity index (χ3v) is 12.1. The molecule has 0 N–H and O–H groups in total. The molecule has 5 atom stereocenters. The van der Waals surface area contributed by atoms with E-state index >= 15 is 0 Å². The van der Waals surface area contributed by atoms with Crippen molar-refractivity contribution in [2.45, 2.75) is 102 Å². The van der Waals surface area contributed by atoms with E-state index in [4.69, 9.17) is 23.1 Å². The van der Waals surface area contributed by atoms with Gasteiger partial charge >= 0.3 is 8.56 Å². The van der Waals surface area contributed by atoms with Crippen molar-refractivity contribution < 1.29 is 23.1 Å². The predicted octanol–water partition coefficient (Wildman–Crippen LogP) is 6.29. The second-order valence-corrected chi connectivity index (χ2v) is 16.1. The van der Waals surface area contributed by atoms with Crippen molar-refractivity contribution in [2.24, 2.45) is 0 Å². The predicted molar refractivity (Wildman–Crippen MR) is 134 cm³/mol. The quantitative estimate of drug-likeness (QED) is 0.264. The first-order valence-corrected chi connectivity index (χ1v) is 13.7. The molecule has 184 valence electrons. The van der Waals surface area contributed by atoms with Crippen LogP contribution in [0.1, 0.15) is 60.5 Å². The molecule has 33 heavy (non-hydrogen) atoms. The van der Waals surface area contributed by atoms with Crippen LogP contribution in [0.5, 0.6) is 0 Å². The van der Waals surface area contributed by atoms with Gasteiger partial charge in [0.25, 0.3) is 0 Å². The highest BCUT2D eigenvalue weighted by molar-refractivity contribution is 6.73. The summed E-state index contributed by atoms with van der Waals surface area (Å²) in [6, 6.07) is 10.2. The molecule has 0 saturated carbocycles. The minimum absolute atomic E-state index is 0.145. The van der Waals surface area contributed by atoms with Crippen LogP contribution < -0.4 is 0 Å². The van der Waals surface area contributed by atoms with E-state index in [1.54, 1.807) is 0 Å². The van der Waals surface area contributed by atoms with Crippen LogP contribution in [-0.4, -0.2) is 45.2 Å². The van der Waals surface area contributed by atoms with E-state index in [-0.39, 0.29) is 34.5 Å². The summed E-state index contributed by atoms with van der Waals surface area (Å²) in [5.41, 5.74) is 0.308. The first-order chi connectivity index (χ1) is 15.4. The summed E-state index contributed by atoms with van der Waals surface area (Å²) < 4.78 is 33.2. The van der Waals surface area contributed by atoms with Crippen molar-refractivity contribution in [3.63, 3.8) is 0 Å². The minimum atomic E-state index is -2.73. The fraction of sp³-hybridized carbons (Fsp3) is 0.630. The van der Waals surface area contributed by atoms with Gasteiger partial charge in [0.1, 0.15) is 24.4 Å². The van der Waals surface area contributed by atoms with E-state index in [1.807, 2.05) is 31.2 Å². The Morgan fingerprint density at radius 3 is 2.27 bits per heavy atom. The van der Waals surface area contributed by atoms with E-state index in [9.17, 15) is 0 Å². The molecular weight excluding hydrogens is 432 g/mol. The Bertz CT molecular complexity index is 798. The molecule has 0 unspecified atom stereocenters. The number of hydrogen-bond acceptors (Lipinski definition) is 5. The highest BCUT2D eigenvalue weighted by Crippen LogP contribution is 2.56. The highest BCUT2D eigenvalue weighted by atomic mass is 28.4. The standard InChI is InChI=1S/C27H42O5Si/c1-10-15-22-27(9,29-11-2)24(28-18-20-16-13-12-14-17-20)23-21(31-22)19-30-33(32-23,25(3,4)5)26(6,7)8/h10-14,16-17,21-24H,1-2,15,18-19H2,3-9H3/t21-,22+,23-,24+,27+/m1/s1. The van der Waals surface area contributed by atoms with Crippen LogP contribution in [0.3, 0.4) is 0 Å². The molecule has 0 radical (unpaired) electrons. The highest BCUT2D eigenvalue weighted by Gasteiger charge is 2.66. The van der Waals surface area contributed by atoms with E-state index < -0.39 is 14.2 Å². The van der Waals surface area contributed by atoms with Gasteiger partial charge in [-0.05, 0) is 18.9 Å². The summed E-state index contributed by atoms with van der Waals surface area (Å²) in [4.78, 5) is 0. The second kappa shape index (κ2) is 9.66. The van der Waals surface area contributed by atoms with Crippen LogP contribution in [-0.2, 0) is 29.7 Å². The Morgan fingerprint density at radius 2 is 1.73 bits per heavy atom. The molecule has 1 aromatic rings. The Balaban J connectivity index is 2.04. The zero-order chi connectivity index (χ0) is 24.5. The van der Waals surface area contributed by atoms with E-state index in [1.165, 1.54) is 6.26 Å². The summed E-state index contributed by atoms with van der Waals surface area (Å²) in [7, 11) is -2.73. The molecule has 3 rings (SSSR count). The lowest BCUT2D eigenvalue weighted by Crippen LogP contribution is -2.74. The molecule has 6 heteroatoms. The van der Waals surface area contributed by atoms with Crippen molar-refractivity contribution in [3.05, 3.63) is 61.4 Å². The van der Waals surface area contributed by atoms with Gasteiger partial charge in [-0.3, -0.25) is 0 Å². The van der Waals surface area contributed by atoms with Gasteiger partial charge in [0.15, 0.2) is 5.60 Å². The lowest BCUT2D eigenvalue weighted by atomic mass is 9.82. The van der Waals surface area contributed by atoms with Crippen LogP contribution in [0.2, 0.25) is 10.1 Å². The maximum atomic E-state index is 7.10. The molecule has 0 bridgehead atoms. The van der Waals surface area contributed by atoms with Gasteiger partial charge in [-0.15, -0.1) is 6.58 Å². The van der Waals surface area contributed by atoms with Crippen LogP contribution in [0, 0.1) is 0 Å². The minimum Gasteiger partial charge on any atom is -0.490 e. The van der Waals surface area contributed by atoms with Gasteiger partial charge in [-0.1, -0.05) is 84.5 Å². The molecule has 2 saturated heterocycles. The maximum absolute atomic E-state index is 7.10. The van der Waals surface area contributed by atoms with Gasteiger partial charge in [-0.25, -0.2) is 0 Å². The van der Waals surface area contributed by atoms with Crippen molar-refractivity contribution >= 4 is 8.56 Å². The van der Waals surface area contributed by atoms with Gasteiger partial charge in [0.2, 0.25) is 0 Å². The van der Waals surface area contributed by atoms with Crippen molar-refractivity contribution in [3.8, 4) is 0 Å². The smallest absolute Gasteiger partial charge is 0.349 e. The normalized spacial score (nSPS) is 32.0. The van der Waals surface area contributed by atoms with Gasteiger partial charge in [0, 0.05) is 10.1 Å². The molecule has 0 spiro atoms. The number of fused-ring (bicyclic) bond motifs is 1. The third kappa shape index (κ3) is 4.87. The molecule has 0 amide bonds. The topological polar surface area (TPSA) is 46.2 Å². The third-order valence-electron chi connectivity index (χ3n) is 6.93. The Labute approximate surface area is 201 Å². The van der Waals surface area contributed by atoms with Gasteiger partial charge in [-0.2, -0.15) is 0 Å². The fourth-order valence-corrected chi connectivity index (χ4v) is 10.5.